The SMILES string of the molecule is CCc1oc(C(=O)NC(C)c2ccc(S(=O)(=O)NC)cc2)cc1C(=O)O. The van der Waals surface area contributed by atoms with Gasteiger partial charge in [-0.05, 0) is 31.7 Å². The lowest BCUT2D eigenvalue weighted by atomic mass is 10.1. The molecule has 0 fully saturated rings. The van der Waals surface area contributed by atoms with E-state index in [0.29, 0.717) is 12.0 Å². The zero-order valence-electron chi connectivity index (χ0n) is 14.6. The van der Waals surface area contributed by atoms with Crippen molar-refractivity contribution < 1.29 is 27.5 Å². The number of carboxylic acid groups (broad SMARTS) is 1. The number of benzene rings is 1. The van der Waals surface area contributed by atoms with E-state index < -0.39 is 27.9 Å². The van der Waals surface area contributed by atoms with Crippen molar-refractivity contribution in [3.63, 3.8) is 0 Å². The van der Waals surface area contributed by atoms with Crippen molar-refractivity contribution in [1.82, 2.24) is 10.0 Å². The number of carbonyl (C=O) groups is 2. The van der Waals surface area contributed by atoms with Crippen LogP contribution in [0.4, 0.5) is 0 Å². The Morgan fingerprint density at radius 1 is 1.23 bits per heavy atom. The molecule has 2 aromatic rings. The second-order valence-corrected chi connectivity index (χ2v) is 7.46. The Labute approximate surface area is 151 Å². The van der Waals surface area contributed by atoms with E-state index in [-0.39, 0.29) is 22.0 Å². The number of carbonyl (C=O) groups excluding carboxylic acids is 1. The Bertz CT molecular complexity index is 915. The Balaban J connectivity index is 2.15. The molecule has 3 N–H and O–H groups in total. The summed E-state index contributed by atoms with van der Waals surface area (Å²) in [6.45, 7) is 3.46. The van der Waals surface area contributed by atoms with E-state index >= 15 is 0 Å². The number of amides is 1. The highest BCUT2D eigenvalue weighted by Gasteiger charge is 2.21. The van der Waals surface area contributed by atoms with Crippen LogP contribution in [0.5, 0.6) is 0 Å². The molecule has 0 aliphatic carbocycles. The Morgan fingerprint density at radius 2 is 1.85 bits per heavy atom. The van der Waals surface area contributed by atoms with E-state index in [4.69, 9.17) is 9.52 Å². The predicted octanol–water partition coefficient (Wildman–Crippen LogP) is 1.94. The molecule has 9 heteroatoms. The van der Waals surface area contributed by atoms with Crippen molar-refractivity contribution in [3.8, 4) is 0 Å². The number of hydrogen-bond donors (Lipinski definition) is 3. The molecule has 1 amide bonds. The second kappa shape index (κ2) is 7.71. The van der Waals surface area contributed by atoms with Crippen molar-refractivity contribution in [3.05, 3.63) is 53.0 Å². The molecule has 0 saturated heterocycles. The van der Waals surface area contributed by atoms with E-state index in [1.54, 1.807) is 26.0 Å². The number of nitrogens with one attached hydrogen (secondary N) is 2. The number of furan rings is 1. The topological polar surface area (TPSA) is 126 Å². The average Bonchev–Trinajstić information content (AvgIpc) is 3.06. The summed E-state index contributed by atoms with van der Waals surface area (Å²) < 4.78 is 31.0. The minimum Gasteiger partial charge on any atom is -0.478 e. The molecule has 0 aliphatic heterocycles. The third kappa shape index (κ3) is 4.12. The molecular weight excluding hydrogens is 360 g/mol. The van der Waals surface area contributed by atoms with Gasteiger partial charge in [0, 0.05) is 12.5 Å². The number of carboxylic acids is 1. The molecule has 1 aromatic carbocycles. The smallest absolute Gasteiger partial charge is 0.339 e. The van der Waals surface area contributed by atoms with Crippen LogP contribution in [0, 0.1) is 0 Å². The second-order valence-electron chi connectivity index (χ2n) is 5.58. The van der Waals surface area contributed by atoms with Gasteiger partial charge >= 0.3 is 5.97 Å². The van der Waals surface area contributed by atoms with Gasteiger partial charge in [-0.3, -0.25) is 4.79 Å². The fraction of sp³-hybridized carbons (Fsp3) is 0.294. The van der Waals surface area contributed by atoms with Gasteiger partial charge in [-0.2, -0.15) is 0 Å². The molecule has 0 spiro atoms. The van der Waals surface area contributed by atoms with Gasteiger partial charge in [-0.25, -0.2) is 17.9 Å². The van der Waals surface area contributed by atoms with Crippen molar-refractivity contribution in [2.24, 2.45) is 0 Å². The third-order valence-corrected chi connectivity index (χ3v) is 5.32. The molecule has 0 saturated carbocycles. The van der Waals surface area contributed by atoms with E-state index in [9.17, 15) is 18.0 Å². The zero-order chi connectivity index (χ0) is 19.5. The molecule has 26 heavy (non-hydrogen) atoms. The third-order valence-electron chi connectivity index (χ3n) is 3.89. The highest BCUT2D eigenvalue weighted by atomic mass is 32.2. The summed E-state index contributed by atoms with van der Waals surface area (Å²) in [5, 5.41) is 11.8. The molecule has 1 atom stereocenters. The molecule has 0 radical (unpaired) electrons. The van der Waals surface area contributed by atoms with Gasteiger partial charge in [0.25, 0.3) is 5.91 Å². The summed E-state index contributed by atoms with van der Waals surface area (Å²) in [5.41, 5.74) is 0.654. The van der Waals surface area contributed by atoms with Gasteiger partial charge in [-0.15, -0.1) is 0 Å². The van der Waals surface area contributed by atoms with Gasteiger partial charge in [0.15, 0.2) is 5.76 Å². The highest BCUT2D eigenvalue weighted by Crippen LogP contribution is 2.19. The van der Waals surface area contributed by atoms with Crippen molar-refractivity contribution in [2.75, 3.05) is 7.05 Å². The number of hydrogen-bond acceptors (Lipinski definition) is 5. The quantitative estimate of drug-likeness (QED) is 0.674. The lowest BCUT2D eigenvalue weighted by molar-refractivity contribution is 0.0694. The lowest BCUT2D eigenvalue weighted by Gasteiger charge is -2.14. The number of aryl methyl sites for hydroxylation is 1. The van der Waals surface area contributed by atoms with E-state index in [0.717, 1.165) is 0 Å². The first-order chi connectivity index (χ1) is 12.2. The lowest BCUT2D eigenvalue weighted by Crippen LogP contribution is -2.26. The van der Waals surface area contributed by atoms with Gasteiger partial charge < -0.3 is 14.8 Å². The Kier molecular flexibility index (Phi) is 5.83. The van der Waals surface area contributed by atoms with Crippen LogP contribution in [-0.4, -0.2) is 32.4 Å². The van der Waals surface area contributed by atoms with Gasteiger partial charge in [0.1, 0.15) is 11.3 Å². The number of sulfonamides is 1. The molecule has 2 rings (SSSR count). The molecule has 1 heterocycles. The maximum Gasteiger partial charge on any atom is 0.339 e. The first-order valence-electron chi connectivity index (χ1n) is 7.90. The number of aromatic carboxylic acids is 1. The molecular formula is C17H20N2O6S. The highest BCUT2D eigenvalue weighted by molar-refractivity contribution is 7.89. The fourth-order valence-electron chi connectivity index (χ4n) is 2.39. The summed E-state index contributed by atoms with van der Waals surface area (Å²) in [5.74, 6) is -1.55. The summed E-state index contributed by atoms with van der Waals surface area (Å²) in [6.07, 6.45) is 0.353. The minimum atomic E-state index is -3.53. The first kappa shape index (κ1) is 19.7. The van der Waals surface area contributed by atoms with E-state index in [1.165, 1.54) is 25.2 Å². The van der Waals surface area contributed by atoms with Crippen LogP contribution in [0.15, 0.2) is 39.6 Å². The standard InChI is InChI=1S/C17H20N2O6S/c1-4-14-13(17(21)22)9-15(25-14)16(20)19-10(2)11-5-7-12(8-6-11)26(23,24)18-3/h5-10,18H,4H2,1-3H3,(H,19,20)(H,21,22). The van der Waals surface area contributed by atoms with Crippen molar-refractivity contribution >= 4 is 21.9 Å². The zero-order valence-corrected chi connectivity index (χ0v) is 15.4. The van der Waals surface area contributed by atoms with Gasteiger partial charge in [-0.1, -0.05) is 19.1 Å². The Hall–Kier alpha value is -2.65. The van der Waals surface area contributed by atoms with Gasteiger partial charge in [0.05, 0.1) is 10.9 Å². The van der Waals surface area contributed by atoms with Crippen LogP contribution in [0.1, 0.15) is 52.1 Å². The van der Waals surface area contributed by atoms with Crippen molar-refractivity contribution in [2.45, 2.75) is 31.2 Å². The normalized spacial score (nSPS) is 12.6. The largest absolute Gasteiger partial charge is 0.478 e. The van der Waals surface area contributed by atoms with Crippen molar-refractivity contribution in [1.29, 1.82) is 0 Å². The first-order valence-corrected chi connectivity index (χ1v) is 9.38. The van der Waals surface area contributed by atoms with Crippen LogP contribution in [0.3, 0.4) is 0 Å². The molecule has 1 unspecified atom stereocenters. The van der Waals surface area contributed by atoms with Crippen LogP contribution >= 0.6 is 0 Å². The summed E-state index contributed by atoms with van der Waals surface area (Å²) in [4.78, 5) is 23.6. The predicted molar refractivity (Wildman–Crippen MR) is 93.6 cm³/mol. The molecule has 1 aromatic heterocycles. The van der Waals surface area contributed by atoms with Crippen LogP contribution in [-0.2, 0) is 16.4 Å². The summed E-state index contributed by atoms with van der Waals surface area (Å²) in [6, 6.07) is 6.83. The minimum absolute atomic E-state index is 0.0353. The monoisotopic (exact) mass is 380 g/mol. The van der Waals surface area contributed by atoms with Gasteiger partial charge in [0.2, 0.25) is 10.0 Å². The molecule has 140 valence electrons. The van der Waals surface area contributed by atoms with Crippen LogP contribution < -0.4 is 10.0 Å². The molecule has 8 nitrogen and oxygen atoms in total. The van der Waals surface area contributed by atoms with E-state index in [2.05, 4.69) is 10.0 Å². The summed E-state index contributed by atoms with van der Waals surface area (Å²) >= 11 is 0. The maximum atomic E-state index is 12.3. The summed E-state index contributed by atoms with van der Waals surface area (Å²) in [7, 11) is -2.20. The Morgan fingerprint density at radius 3 is 2.31 bits per heavy atom. The average molecular weight is 380 g/mol. The van der Waals surface area contributed by atoms with Crippen LogP contribution in [0.25, 0.3) is 0 Å². The number of rotatable bonds is 7. The molecule has 0 aliphatic rings. The van der Waals surface area contributed by atoms with Crippen LogP contribution in [0.2, 0.25) is 0 Å². The maximum absolute atomic E-state index is 12.3. The fourth-order valence-corrected chi connectivity index (χ4v) is 3.12. The molecule has 0 bridgehead atoms. The van der Waals surface area contributed by atoms with E-state index in [1.807, 2.05) is 0 Å².